The molecule has 0 amide bonds. The van der Waals surface area contributed by atoms with E-state index in [1.807, 2.05) is 6.92 Å². The molecule has 0 aliphatic carbocycles. The van der Waals surface area contributed by atoms with Crippen LogP contribution >= 0.6 is 0 Å². The lowest BCUT2D eigenvalue weighted by molar-refractivity contribution is -0.141. The van der Waals surface area contributed by atoms with Crippen LogP contribution < -0.4 is 5.69 Å². The second-order valence-electron chi connectivity index (χ2n) is 5.07. The summed E-state index contributed by atoms with van der Waals surface area (Å²) in [5, 5.41) is 9.03. The fraction of sp³-hybridized carbons (Fsp3) is 0.643. The fourth-order valence-corrected chi connectivity index (χ4v) is 2.80. The summed E-state index contributed by atoms with van der Waals surface area (Å²) < 4.78 is 13.0. The number of rotatable bonds is 7. The van der Waals surface area contributed by atoms with E-state index in [-0.39, 0.29) is 5.69 Å². The first kappa shape index (κ1) is 17.6. The van der Waals surface area contributed by atoms with Gasteiger partial charge in [-0.3, -0.25) is 13.6 Å². The van der Waals surface area contributed by atoms with Crippen molar-refractivity contribution in [3.63, 3.8) is 0 Å². The number of aromatic nitrogens is 2. The molecule has 0 aliphatic rings. The summed E-state index contributed by atoms with van der Waals surface area (Å²) in [5.74, 6) is -0.468. The third kappa shape index (κ3) is 4.49. The van der Waals surface area contributed by atoms with Crippen LogP contribution in [0.3, 0.4) is 0 Å². The topological polar surface area (TPSA) is 89.3 Å². The van der Waals surface area contributed by atoms with Crippen molar-refractivity contribution in [2.24, 2.45) is 5.92 Å². The van der Waals surface area contributed by atoms with Gasteiger partial charge in [0.1, 0.15) is 0 Å². The van der Waals surface area contributed by atoms with E-state index in [4.69, 9.17) is 5.11 Å². The molecule has 7 heteroatoms. The van der Waals surface area contributed by atoms with E-state index in [1.165, 1.54) is 4.57 Å². The molecule has 0 radical (unpaired) electrons. The number of hydrogen-bond donors (Lipinski definition) is 1. The van der Waals surface area contributed by atoms with Gasteiger partial charge in [-0.1, -0.05) is 13.8 Å². The van der Waals surface area contributed by atoms with Gasteiger partial charge in [-0.05, 0) is 25.8 Å². The summed E-state index contributed by atoms with van der Waals surface area (Å²) in [4.78, 5) is 26.9. The average Bonchev–Trinajstić information content (AvgIpc) is 2.42. The van der Waals surface area contributed by atoms with Crippen molar-refractivity contribution < 1.29 is 14.1 Å². The van der Waals surface area contributed by atoms with Crippen LogP contribution in [0.1, 0.15) is 30.8 Å². The molecule has 1 aromatic heterocycles. The van der Waals surface area contributed by atoms with Gasteiger partial charge in [-0.2, -0.15) is 4.98 Å². The van der Waals surface area contributed by atoms with Crippen molar-refractivity contribution in [3.05, 3.63) is 27.4 Å². The fourth-order valence-electron chi connectivity index (χ4n) is 2.13. The van der Waals surface area contributed by atoms with Crippen LogP contribution in [-0.2, 0) is 28.6 Å². The normalized spacial score (nSPS) is 13.9. The third-order valence-corrected chi connectivity index (χ3v) is 4.85. The van der Waals surface area contributed by atoms with Gasteiger partial charge in [0.2, 0.25) is 0 Å². The number of carboxylic acids is 1. The molecule has 0 aliphatic heterocycles. The number of hydrogen-bond acceptors (Lipinski definition) is 4. The Morgan fingerprint density at radius 3 is 2.57 bits per heavy atom. The Hall–Kier alpha value is -1.50. The number of aliphatic carboxylic acids is 1. The molecular weight excluding hydrogens is 292 g/mol. The van der Waals surface area contributed by atoms with Crippen LogP contribution in [0.5, 0.6) is 0 Å². The first-order chi connectivity index (χ1) is 9.77. The van der Waals surface area contributed by atoms with E-state index in [0.29, 0.717) is 35.9 Å². The highest BCUT2D eigenvalue weighted by atomic mass is 32.2. The number of carbonyl (C=O) groups is 1. The summed E-state index contributed by atoms with van der Waals surface area (Å²) >= 11 is 0. The Morgan fingerprint density at radius 1 is 1.43 bits per heavy atom. The van der Waals surface area contributed by atoms with Crippen LogP contribution in [0.25, 0.3) is 0 Å². The van der Waals surface area contributed by atoms with E-state index < -0.39 is 22.7 Å². The molecule has 0 fully saturated rings. The van der Waals surface area contributed by atoms with Crippen molar-refractivity contribution in [1.82, 2.24) is 9.55 Å². The van der Waals surface area contributed by atoms with Crippen molar-refractivity contribution >= 4 is 16.8 Å². The molecule has 6 nitrogen and oxygen atoms in total. The van der Waals surface area contributed by atoms with Crippen molar-refractivity contribution in [1.29, 1.82) is 0 Å². The van der Waals surface area contributed by atoms with E-state index in [0.717, 1.165) is 5.56 Å². The molecule has 2 atom stereocenters. The van der Waals surface area contributed by atoms with Gasteiger partial charge in [-0.25, -0.2) is 4.79 Å². The lowest BCUT2D eigenvalue weighted by atomic mass is 9.99. The smallest absolute Gasteiger partial charge is 0.348 e. The van der Waals surface area contributed by atoms with Crippen molar-refractivity contribution in [3.8, 4) is 0 Å². The van der Waals surface area contributed by atoms with E-state index in [1.54, 1.807) is 20.8 Å². The van der Waals surface area contributed by atoms with Gasteiger partial charge in [0.05, 0.1) is 5.92 Å². The van der Waals surface area contributed by atoms with Gasteiger partial charge >= 0.3 is 11.7 Å². The molecule has 1 heterocycles. The van der Waals surface area contributed by atoms with Crippen molar-refractivity contribution in [2.45, 2.75) is 40.7 Å². The predicted molar refractivity (Wildman–Crippen MR) is 82.0 cm³/mol. The predicted octanol–water partition coefficient (Wildman–Crippen LogP) is 0.892. The molecular formula is C14H22N2O4S. The zero-order chi connectivity index (χ0) is 16.2. The van der Waals surface area contributed by atoms with E-state index in [2.05, 4.69) is 4.98 Å². The SMILES string of the molecule is CCS(=O)CCn1c(C)c(CC(C)C(=O)O)c(C)nc1=O. The third-order valence-electron chi connectivity index (χ3n) is 3.57. The second kappa shape index (κ2) is 7.49. The average molecular weight is 314 g/mol. The standard InChI is InChI=1S/C14H22N2O4S/c1-5-21(20)7-6-16-11(4)12(8-9(2)13(17)18)10(3)15-14(16)19/h9H,5-8H2,1-4H3,(H,17,18). The van der Waals surface area contributed by atoms with Gasteiger partial charge < -0.3 is 5.11 Å². The Bertz CT molecular complexity index is 610. The molecule has 21 heavy (non-hydrogen) atoms. The quantitative estimate of drug-likeness (QED) is 0.807. The van der Waals surface area contributed by atoms with Crippen molar-refractivity contribution in [2.75, 3.05) is 11.5 Å². The maximum atomic E-state index is 12.0. The molecule has 0 aromatic carbocycles. The first-order valence-electron chi connectivity index (χ1n) is 6.92. The summed E-state index contributed by atoms with van der Waals surface area (Å²) in [6, 6.07) is 0. The molecule has 0 saturated carbocycles. The van der Waals surface area contributed by atoms with Crippen LogP contribution in [0.2, 0.25) is 0 Å². The molecule has 118 valence electrons. The molecule has 2 unspecified atom stereocenters. The minimum atomic E-state index is -0.956. The van der Waals surface area contributed by atoms with Crippen LogP contribution in [-0.4, -0.2) is 36.3 Å². The molecule has 0 saturated heterocycles. The minimum Gasteiger partial charge on any atom is -0.481 e. The number of carboxylic acid groups (broad SMARTS) is 1. The lowest BCUT2D eigenvalue weighted by Gasteiger charge is -2.16. The van der Waals surface area contributed by atoms with Gasteiger partial charge in [-0.15, -0.1) is 0 Å². The lowest BCUT2D eigenvalue weighted by Crippen LogP contribution is -2.30. The molecule has 1 N–H and O–H groups in total. The highest BCUT2D eigenvalue weighted by Crippen LogP contribution is 2.15. The maximum absolute atomic E-state index is 12.0. The second-order valence-corrected chi connectivity index (χ2v) is 6.94. The number of aryl methyl sites for hydroxylation is 1. The van der Waals surface area contributed by atoms with Gasteiger partial charge in [0.15, 0.2) is 0 Å². The molecule has 1 aromatic rings. The zero-order valence-corrected chi connectivity index (χ0v) is 13.7. The molecule has 0 spiro atoms. The zero-order valence-electron chi connectivity index (χ0n) is 12.9. The Morgan fingerprint density at radius 2 is 2.05 bits per heavy atom. The summed E-state index contributed by atoms with van der Waals surface area (Å²) in [6.45, 7) is 7.30. The van der Waals surface area contributed by atoms with E-state index in [9.17, 15) is 13.8 Å². The van der Waals surface area contributed by atoms with Crippen LogP contribution in [0.4, 0.5) is 0 Å². The summed E-state index contributed by atoms with van der Waals surface area (Å²) in [6.07, 6.45) is 0.331. The number of nitrogens with zero attached hydrogens (tertiary/aromatic N) is 2. The van der Waals surface area contributed by atoms with Gasteiger partial charge in [0.25, 0.3) is 0 Å². The summed E-state index contributed by atoms with van der Waals surface area (Å²) in [7, 11) is -0.956. The highest BCUT2D eigenvalue weighted by Gasteiger charge is 2.18. The molecule has 0 bridgehead atoms. The summed E-state index contributed by atoms with van der Waals surface area (Å²) in [5.41, 5.74) is 1.70. The van der Waals surface area contributed by atoms with E-state index >= 15 is 0 Å². The molecule has 1 rings (SSSR count). The Labute approximate surface area is 126 Å². The highest BCUT2D eigenvalue weighted by molar-refractivity contribution is 7.84. The first-order valence-corrected chi connectivity index (χ1v) is 8.41. The largest absolute Gasteiger partial charge is 0.481 e. The Balaban J connectivity index is 3.13. The maximum Gasteiger partial charge on any atom is 0.348 e. The minimum absolute atomic E-state index is 0.331. The van der Waals surface area contributed by atoms with Crippen LogP contribution in [0, 0.1) is 19.8 Å². The van der Waals surface area contributed by atoms with Gasteiger partial charge in [0, 0.05) is 40.2 Å². The monoisotopic (exact) mass is 314 g/mol. The van der Waals surface area contributed by atoms with Crippen LogP contribution in [0.15, 0.2) is 4.79 Å². The Kier molecular flexibility index (Phi) is 6.26.